The summed E-state index contributed by atoms with van der Waals surface area (Å²) < 4.78 is 3.21. The fraction of sp³-hybridized carbons (Fsp3) is 0.357. The molecule has 7 nitrogen and oxygen atoms in total. The van der Waals surface area contributed by atoms with Crippen molar-refractivity contribution in [2.75, 3.05) is 0 Å². The van der Waals surface area contributed by atoms with E-state index in [1.807, 2.05) is 0 Å². The number of tetrazole rings is 1. The van der Waals surface area contributed by atoms with Crippen molar-refractivity contribution in [3.05, 3.63) is 45.7 Å². The summed E-state index contributed by atoms with van der Waals surface area (Å²) in [4.78, 5) is 16.8. The van der Waals surface area contributed by atoms with Crippen LogP contribution in [-0.4, -0.2) is 29.8 Å². The Hall–Kier alpha value is -2.28. The van der Waals surface area contributed by atoms with Crippen molar-refractivity contribution in [2.24, 2.45) is 0 Å². The molecule has 3 rings (SSSR count). The molecule has 0 aliphatic rings. The van der Waals surface area contributed by atoms with E-state index in [-0.39, 0.29) is 12.1 Å². The third kappa shape index (κ3) is 2.85. The molecule has 0 saturated heterocycles. The molecule has 0 amide bonds. The van der Waals surface area contributed by atoms with Gasteiger partial charge in [0.15, 0.2) is 5.82 Å². The molecule has 0 aliphatic heterocycles. The van der Waals surface area contributed by atoms with Gasteiger partial charge in [-0.05, 0) is 35.0 Å². The number of unbranched alkanes of at least 4 members (excludes halogenated alkanes) is 1. The van der Waals surface area contributed by atoms with Gasteiger partial charge in [0, 0.05) is 11.6 Å². The standard InChI is InChI=1S/C14H15ClN6O/c1-2-3-6-21-13(17-18-19-21)8-20-9-16-12-5-4-10(15)7-11(12)14(20)22/h4-5,7,9H,2-3,6,8H2,1H3. The van der Waals surface area contributed by atoms with E-state index in [1.54, 1.807) is 22.9 Å². The van der Waals surface area contributed by atoms with Crippen molar-refractivity contribution in [1.29, 1.82) is 0 Å². The summed E-state index contributed by atoms with van der Waals surface area (Å²) in [5.74, 6) is 0.638. The number of fused-ring (bicyclic) bond motifs is 1. The van der Waals surface area contributed by atoms with Crippen molar-refractivity contribution in [3.63, 3.8) is 0 Å². The Balaban J connectivity index is 1.96. The molecule has 1 aromatic carbocycles. The zero-order valence-corrected chi connectivity index (χ0v) is 12.9. The van der Waals surface area contributed by atoms with Crippen LogP contribution in [0.15, 0.2) is 29.3 Å². The second-order valence-electron chi connectivity index (χ2n) is 5.01. The molecule has 0 fully saturated rings. The normalized spacial score (nSPS) is 11.2. The molecule has 0 bridgehead atoms. The lowest BCUT2D eigenvalue weighted by Gasteiger charge is -2.07. The lowest BCUT2D eigenvalue weighted by Crippen LogP contribution is -2.23. The first-order valence-corrected chi connectivity index (χ1v) is 7.46. The lowest BCUT2D eigenvalue weighted by molar-refractivity contribution is 0.521. The van der Waals surface area contributed by atoms with Crippen molar-refractivity contribution in [3.8, 4) is 0 Å². The van der Waals surface area contributed by atoms with E-state index in [2.05, 4.69) is 27.4 Å². The summed E-state index contributed by atoms with van der Waals surface area (Å²) in [6, 6.07) is 5.07. The average molecular weight is 319 g/mol. The minimum Gasteiger partial charge on any atom is -0.291 e. The number of aromatic nitrogens is 6. The van der Waals surface area contributed by atoms with Gasteiger partial charge in [0.05, 0.1) is 23.8 Å². The zero-order valence-electron chi connectivity index (χ0n) is 12.1. The Morgan fingerprint density at radius 1 is 1.32 bits per heavy atom. The van der Waals surface area contributed by atoms with E-state index < -0.39 is 0 Å². The van der Waals surface area contributed by atoms with E-state index in [1.165, 1.54) is 10.9 Å². The maximum absolute atomic E-state index is 12.5. The maximum Gasteiger partial charge on any atom is 0.261 e. The molecule has 0 radical (unpaired) electrons. The van der Waals surface area contributed by atoms with Gasteiger partial charge >= 0.3 is 0 Å². The Bertz CT molecular complexity index is 856. The molecule has 0 aliphatic carbocycles. The first kappa shape index (κ1) is 14.6. The molecular formula is C14H15ClN6O. The monoisotopic (exact) mass is 318 g/mol. The second kappa shape index (κ2) is 6.23. The average Bonchev–Trinajstić information content (AvgIpc) is 2.96. The van der Waals surface area contributed by atoms with Crippen LogP contribution in [0.2, 0.25) is 5.02 Å². The highest BCUT2D eigenvalue weighted by Gasteiger charge is 2.10. The molecule has 8 heteroatoms. The van der Waals surface area contributed by atoms with Crippen LogP contribution in [0, 0.1) is 0 Å². The van der Waals surface area contributed by atoms with Crippen molar-refractivity contribution < 1.29 is 0 Å². The first-order chi connectivity index (χ1) is 10.7. The van der Waals surface area contributed by atoms with E-state index in [4.69, 9.17) is 11.6 Å². The topological polar surface area (TPSA) is 78.5 Å². The number of hydrogen-bond acceptors (Lipinski definition) is 5. The SMILES string of the molecule is CCCCn1nnnc1Cn1cnc2ccc(Cl)cc2c1=O. The third-order valence-corrected chi connectivity index (χ3v) is 3.66. The van der Waals surface area contributed by atoms with E-state index in [9.17, 15) is 4.79 Å². The zero-order chi connectivity index (χ0) is 15.5. The molecule has 0 atom stereocenters. The molecule has 22 heavy (non-hydrogen) atoms. The Kier molecular flexibility index (Phi) is 4.15. The van der Waals surface area contributed by atoms with Gasteiger partial charge in [0.1, 0.15) is 0 Å². The van der Waals surface area contributed by atoms with Gasteiger partial charge in [-0.25, -0.2) is 9.67 Å². The number of nitrogens with zero attached hydrogens (tertiary/aromatic N) is 6. The summed E-state index contributed by atoms with van der Waals surface area (Å²) in [5, 5.41) is 12.6. The summed E-state index contributed by atoms with van der Waals surface area (Å²) in [6.45, 7) is 3.12. The van der Waals surface area contributed by atoms with Crippen molar-refractivity contribution >= 4 is 22.5 Å². The summed E-state index contributed by atoms with van der Waals surface area (Å²) in [7, 11) is 0. The van der Waals surface area contributed by atoms with E-state index in [0.29, 0.717) is 21.7 Å². The minimum absolute atomic E-state index is 0.155. The molecule has 0 unspecified atom stereocenters. The predicted octanol–water partition coefficient (Wildman–Crippen LogP) is 1.88. The van der Waals surface area contributed by atoms with Gasteiger partial charge in [0.2, 0.25) is 0 Å². The number of rotatable bonds is 5. The highest BCUT2D eigenvalue weighted by atomic mass is 35.5. The number of aryl methyl sites for hydroxylation is 1. The predicted molar refractivity (Wildman–Crippen MR) is 82.8 cm³/mol. The van der Waals surface area contributed by atoms with Crippen LogP contribution in [0.1, 0.15) is 25.6 Å². The Labute approximate surface area is 131 Å². The largest absolute Gasteiger partial charge is 0.291 e. The quantitative estimate of drug-likeness (QED) is 0.717. The fourth-order valence-corrected chi connectivity index (χ4v) is 2.39. The van der Waals surface area contributed by atoms with Crippen LogP contribution < -0.4 is 5.56 Å². The van der Waals surface area contributed by atoms with E-state index >= 15 is 0 Å². The molecule has 2 aromatic heterocycles. The van der Waals surface area contributed by atoms with E-state index in [0.717, 1.165) is 19.4 Å². The minimum atomic E-state index is -0.155. The highest BCUT2D eigenvalue weighted by Crippen LogP contribution is 2.14. The molecule has 114 valence electrons. The molecule has 3 aromatic rings. The summed E-state index contributed by atoms with van der Waals surface area (Å²) in [5.41, 5.74) is 0.466. The van der Waals surface area contributed by atoms with Gasteiger partial charge in [-0.3, -0.25) is 9.36 Å². The first-order valence-electron chi connectivity index (χ1n) is 7.09. The van der Waals surface area contributed by atoms with Gasteiger partial charge in [-0.15, -0.1) is 5.10 Å². The molecular weight excluding hydrogens is 304 g/mol. The summed E-state index contributed by atoms with van der Waals surface area (Å²) >= 11 is 5.96. The number of benzene rings is 1. The number of halogens is 1. The van der Waals surface area contributed by atoms with Crippen molar-refractivity contribution in [1.82, 2.24) is 29.8 Å². The van der Waals surface area contributed by atoms with Gasteiger partial charge < -0.3 is 0 Å². The van der Waals surface area contributed by atoms with Crippen LogP contribution in [-0.2, 0) is 13.1 Å². The van der Waals surface area contributed by atoms with Gasteiger partial charge in [0.25, 0.3) is 5.56 Å². The van der Waals surface area contributed by atoms with Crippen molar-refractivity contribution in [2.45, 2.75) is 32.9 Å². The van der Waals surface area contributed by atoms with Gasteiger partial charge in [-0.1, -0.05) is 24.9 Å². The smallest absolute Gasteiger partial charge is 0.261 e. The Morgan fingerprint density at radius 2 is 2.18 bits per heavy atom. The van der Waals surface area contributed by atoms with Crippen LogP contribution in [0.5, 0.6) is 0 Å². The maximum atomic E-state index is 12.5. The van der Waals surface area contributed by atoms with Crippen LogP contribution >= 0.6 is 11.6 Å². The second-order valence-corrected chi connectivity index (χ2v) is 5.45. The van der Waals surface area contributed by atoms with Crippen LogP contribution in [0.4, 0.5) is 0 Å². The Morgan fingerprint density at radius 3 is 3.00 bits per heavy atom. The highest BCUT2D eigenvalue weighted by molar-refractivity contribution is 6.31. The van der Waals surface area contributed by atoms with Gasteiger partial charge in [-0.2, -0.15) is 0 Å². The lowest BCUT2D eigenvalue weighted by atomic mass is 10.2. The number of hydrogen-bond donors (Lipinski definition) is 0. The fourth-order valence-electron chi connectivity index (χ4n) is 2.21. The molecule has 0 spiro atoms. The molecule has 2 heterocycles. The third-order valence-electron chi connectivity index (χ3n) is 3.43. The van der Waals surface area contributed by atoms with Crippen LogP contribution in [0.3, 0.4) is 0 Å². The van der Waals surface area contributed by atoms with Crippen LogP contribution in [0.25, 0.3) is 10.9 Å². The molecule has 0 N–H and O–H groups in total. The summed E-state index contributed by atoms with van der Waals surface area (Å²) in [6.07, 6.45) is 3.55. The molecule has 0 saturated carbocycles.